The topological polar surface area (TPSA) is 43.6 Å². The fraction of sp³-hybridized carbons (Fsp3) is 0.0833. The Labute approximate surface area is 131 Å². The second-order valence-electron chi connectivity index (χ2n) is 3.73. The van der Waals surface area contributed by atoms with Gasteiger partial charge in [0.1, 0.15) is 6.33 Å². The Morgan fingerprint density at radius 3 is 2.89 bits per heavy atom. The van der Waals surface area contributed by atoms with E-state index in [0.29, 0.717) is 0 Å². The van der Waals surface area contributed by atoms with Crippen LogP contribution in [0, 0.1) is 3.57 Å². The van der Waals surface area contributed by atoms with E-state index in [1.807, 2.05) is 23.0 Å². The van der Waals surface area contributed by atoms with Gasteiger partial charge in [0.2, 0.25) is 0 Å². The minimum Gasteiger partial charge on any atom is -0.240 e. The second kappa shape index (κ2) is 5.08. The predicted octanol–water partition coefficient (Wildman–Crippen LogP) is 3.36. The lowest BCUT2D eigenvalue weighted by Gasteiger charge is -2.03. The molecule has 0 spiro atoms. The third kappa shape index (κ3) is 2.11. The van der Waals surface area contributed by atoms with Crippen molar-refractivity contribution < 1.29 is 0 Å². The Hall–Kier alpha value is -0.770. The summed E-state index contributed by atoms with van der Waals surface area (Å²) in [6.45, 7) is 0. The van der Waals surface area contributed by atoms with Crippen molar-refractivity contribution in [3.8, 4) is 5.69 Å². The number of nitrogens with zero attached hydrogens (tertiary/aromatic N) is 4. The lowest BCUT2D eigenvalue weighted by Crippen LogP contribution is -1.98. The third-order valence-corrected chi connectivity index (χ3v) is 4.02. The maximum atomic E-state index is 4.42. The molecule has 0 N–H and O–H groups in total. The minimum absolute atomic E-state index is 0.856. The largest absolute Gasteiger partial charge is 0.240 e. The molecule has 3 rings (SSSR count). The Kier molecular flexibility index (Phi) is 3.46. The average Bonchev–Trinajstić information content (AvgIpc) is 2.82. The van der Waals surface area contributed by atoms with Crippen molar-refractivity contribution in [1.82, 2.24) is 19.7 Å². The van der Waals surface area contributed by atoms with E-state index in [-0.39, 0.29) is 0 Å². The zero-order valence-electron chi connectivity index (χ0n) is 9.22. The number of rotatable bonds is 2. The molecule has 18 heavy (non-hydrogen) atoms. The molecule has 4 nitrogen and oxygen atoms in total. The van der Waals surface area contributed by atoms with Crippen molar-refractivity contribution in [2.45, 2.75) is 4.43 Å². The highest BCUT2D eigenvalue weighted by Gasteiger charge is 2.10. The van der Waals surface area contributed by atoms with Crippen molar-refractivity contribution in [1.29, 1.82) is 0 Å². The summed E-state index contributed by atoms with van der Waals surface area (Å²) in [4.78, 5) is 8.62. The van der Waals surface area contributed by atoms with E-state index in [4.69, 9.17) is 0 Å². The summed E-state index contributed by atoms with van der Waals surface area (Å²) in [6.07, 6.45) is 3.44. The lowest BCUT2D eigenvalue weighted by molar-refractivity contribution is 0.893. The van der Waals surface area contributed by atoms with E-state index >= 15 is 0 Å². The zero-order valence-corrected chi connectivity index (χ0v) is 13.5. The number of halogens is 2. The van der Waals surface area contributed by atoms with Gasteiger partial charge >= 0.3 is 0 Å². The molecule has 0 unspecified atom stereocenters. The van der Waals surface area contributed by atoms with Crippen LogP contribution in [0.4, 0.5) is 0 Å². The highest BCUT2D eigenvalue weighted by molar-refractivity contribution is 14.1. The smallest absolute Gasteiger partial charge is 0.166 e. The summed E-state index contributed by atoms with van der Waals surface area (Å²) in [6, 6.07) is 8.19. The van der Waals surface area contributed by atoms with Crippen molar-refractivity contribution in [3.63, 3.8) is 0 Å². The van der Waals surface area contributed by atoms with Gasteiger partial charge in [0.15, 0.2) is 5.65 Å². The van der Waals surface area contributed by atoms with E-state index in [2.05, 4.69) is 72.4 Å². The van der Waals surface area contributed by atoms with Crippen molar-refractivity contribution in [2.75, 3.05) is 0 Å². The predicted molar refractivity (Wildman–Crippen MR) is 87.1 cm³/mol. The molecule has 0 bridgehead atoms. The third-order valence-electron chi connectivity index (χ3n) is 2.63. The van der Waals surface area contributed by atoms with Crippen LogP contribution in [0.5, 0.6) is 0 Å². The van der Waals surface area contributed by atoms with Crippen LogP contribution in [0.3, 0.4) is 0 Å². The Balaban J connectivity index is 2.25. The van der Waals surface area contributed by atoms with E-state index < -0.39 is 0 Å². The van der Waals surface area contributed by atoms with E-state index in [1.54, 1.807) is 6.33 Å². The fourth-order valence-electron chi connectivity index (χ4n) is 1.80. The Morgan fingerprint density at radius 2 is 2.11 bits per heavy atom. The molecule has 1 aromatic carbocycles. The van der Waals surface area contributed by atoms with Crippen LogP contribution in [0.1, 0.15) is 5.69 Å². The first-order valence-corrected chi connectivity index (χ1v) is 7.89. The quantitative estimate of drug-likeness (QED) is 0.434. The van der Waals surface area contributed by atoms with Crippen LogP contribution >= 0.6 is 45.2 Å². The van der Waals surface area contributed by atoms with Crippen LogP contribution in [-0.4, -0.2) is 19.7 Å². The summed E-state index contributed by atoms with van der Waals surface area (Å²) >= 11 is 4.60. The van der Waals surface area contributed by atoms with E-state index in [0.717, 1.165) is 26.8 Å². The molecule has 0 saturated carbocycles. The fourth-order valence-corrected chi connectivity index (χ4v) is 2.93. The van der Waals surface area contributed by atoms with Crippen molar-refractivity contribution in [2.24, 2.45) is 0 Å². The average molecular weight is 462 g/mol. The van der Waals surface area contributed by atoms with Crippen LogP contribution < -0.4 is 0 Å². The van der Waals surface area contributed by atoms with Gasteiger partial charge in [-0.25, -0.2) is 14.6 Å². The molecular formula is C12H8I2N4. The number of hydrogen-bond donors (Lipinski definition) is 0. The van der Waals surface area contributed by atoms with Crippen LogP contribution in [0.2, 0.25) is 0 Å². The zero-order chi connectivity index (χ0) is 12.5. The highest BCUT2D eigenvalue weighted by Crippen LogP contribution is 2.20. The minimum atomic E-state index is 0.856. The van der Waals surface area contributed by atoms with E-state index in [9.17, 15) is 0 Å². The Morgan fingerprint density at radius 1 is 1.22 bits per heavy atom. The molecule has 2 heterocycles. The maximum absolute atomic E-state index is 4.42. The number of alkyl halides is 1. The number of benzene rings is 1. The number of fused-ring (bicyclic) bond motifs is 1. The molecule has 3 aromatic rings. The van der Waals surface area contributed by atoms with Gasteiger partial charge in [0.05, 0.1) is 23.0 Å². The van der Waals surface area contributed by atoms with Crippen LogP contribution in [0.15, 0.2) is 36.8 Å². The molecule has 0 aliphatic heterocycles. The molecule has 0 saturated heterocycles. The summed E-state index contributed by atoms with van der Waals surface area (Å²) in [5.41, 5.74) is 2.91. The van der Waals surface area contributed by atoms with Crippen LogP contribution in [-0.2, 0) is 4.43 Å². The van der Waals surface area contributed by atoms with E-state index in [1.165, 1.54) is 3.57 Å². The van der Waals surface area contributed by atoms with Gasteiger partial charge in [-0.3, -0.25) is 0 Å². The molecule has 6 heteroatoms. The van der Waals surface area contributed by atoms with Crippen molar-refractivity contribution in [3.05, 3.63) is 46.1 Å². The summed E-state index contributed by atoms with van der Waals surface area (Å²) < 4.78 is 3.89. The molecule has 0 aliphatic carbocycles. The molecular weight excluding hydrogens is 454 g/mol. The molecule has 0 aliphatic rings. The van der Waals surface area contributed by atoms with Crippen LogP contribution in [0.25, 0.3) is 16.7 Å². The number of aromatic nitrogens is 4. The normalized spacial score (nSPS) is 11.0. The standard InChI is InChI=1S/C12H8I2N4/c13-5-11-10-6-17-18(12(10)16-7-15-11)9-3-1-2-8(14)4-9/h1-4,6-7H,5H2. The second-order valence-corrected chi connectivity index (χ2v) is 5.74. The maximum Gasteiger partial charge on any atom is 0.166 e. The first-order valence-electron chi connectivity index (χ1n) is 5.29. The monoisotopic (exact) mass is 462 g/mol. The molecule has 0 amide bonds. The lowest BCUT2D eigenvalue weighted by atomic mass is 10.3. The summed E-state index contributed by atoms with van der Waals surface area (Å²) in [5, 5.41) is 5.44. The van der Waals surface area contributed by atoms with Crippen molar-refractivity contribution >= 4 is 56.2 Å². The van der Waals surface area contributed by atoms with Gasteiger partial charge in [0.25, 0.3) is 0 Å². The van der Waals surface area contributed by atoms with Gasteiger partial charge in [-0.15, -0.1) is 0 Å². The molecule has 2 aromatic heterocycles. The number of hydrogen-bond acceptors (Lipinski definition) is 3. The molecule has 0 fully saturated rings. The SMILES string of the molecule is ICc1ncnc2c1cnn2-c1cccc(I)c1. The first-order chi connectivity index (χ1) is 8.79. The first kappa shape index (κ1) is 12.3. The van der Waals surface area contributed by atoms with Gasteiger partial charge in [-0.05, 0) is 40.8 Å². The Bertz CT molecular complexity index is 708. The highest BCUT2D eigenvalue weighted by atomic mass is 127. The molecule has 0 atom stereocenters. The molecule has 90 valence electrons. The van der Waals surface area contributed by atoms with Gasteiger partial charge in [0, 0.05) is 8.00 Å². The molecule has 0 radical (unpaired) electrons. The van der Waals surface area contributed by atoms with Gasteiger partial charge < -0.3 is 0 Å². The van der Waals surface area contributed by atoms with Gasteiger partial charge in [-0.2, -0.15) is 5.10 Å². The summed E-state index contributed by atoms with van der Waals surface area (Å²) in [5.74, 6) is 0. The van der Waals surface area contributed by atoms with Gasteiger partial charge in [-0.1, -0.05) is 28.7 Å². The summed E-state index contributed by atoms with van der Waals surface area (Å²) in [7, 11) is 0.